The molecule has 1 aliphatic rings. The standard InChI is InChI=1S/C18H21ClN2/c1-2-16-11-14(13-19)12-18(20-16)21-10-6-5-8-15-7-3-4-9-17(15)21/h3-4,7,9,11-12H,2,5-6,8,10,13H2,1H3. The van der Waals surface area contributed by atoms with Gasteiger partial charge < -0.3 is 4.90 Å². The maximum absolute atomic E-state index is 6.05. The van der Waals surface area contributed by atoms with Crippen LogP contribution in [0.2, 0.25) is 0 Å². The summed E-state index contributed by atoms with van der Waals surface area (Å²) in [4.78, 5) is 7.19. The van der Waals surface area contributed by atoms with Crippen LogP contribution in [0.3, 0.4) is 0 Å². The van der Waals surface area contributed by atoms with E-state index in [0.29, 0.717) is 5.88 Å². The largest absolute Gasteiger partial charge is 0.326 e. The van der Waals surface area contributed by atoms with E-state index >= 15 is 0 Å². The molecule has 3 heteroatoms. The fraction of sp³-hybridized carbons (Fsp3) is 0.389. The molecule has 0 radical (unpaired) electrons. The average Bonchev–Trinajstić information content (AvgIpc) is 2.76. The number of hydrogen-bond donors (Lipinski definition) is 0. The van der Waals surface area contributed by atoms with Gasteiger partial charge in [-0.3, -0.25) is 0 Å². The Morgan fingerprint density at radius 3 is 2.86 bits per heavy atom. The van der Waals surface area contributed by atoms with Gasteiger partial charge in [0.2, 0.25) is 0 Å². The van der Waals surface area contributed by atoms with Crippen LogP contribution < -0.4 is 4.90 Å². The van der Waals surface area contributed by atoms with Crippen molar-refractivity contribution in [2.24, 2.45) is 0 Å². The Balaban J connectivity index is 2.07. The minimum absolute atomic E-state index is 0.540. The quantitative estimate of drug-likeness (QED) is 0.753. The molecule has 0 N–H and O–H groups in total. The van der Waals surface area contributed by atoms with E-state index in [4.69, 9.17) is 16.6 Å². The molecule has 2 heterocycles. The van der Waals surface area contributed by atoms with Gasteiger partial charge in [-0.05, 0) is 55.0 Å². The molecule has 21 heavy (non-hydrogen) atoms. The Morgan fingerprint density at radius 2 is 2.05 bits per heavy atom. The molecule has 0 spiro atoms. The molecule has 0 fully saturated rings. The van der Waals surface area contributed by atoms with Crippen molar-refractivity contribution < 1.29 is 0 Å². The van der Waals surface area contributed by atoms with Crippen molar-refractivity contribution >= 4 is 23.1 Å². The number of nitrogens with zero attached hydrogens (tertiary/aromatic N) is 2. The van der Waals surface area contributed by atoms with Gasteiger partial charge in [-0.15, -0.1) is 11.6 Å². The number of alkyl halides is 1. The summed E-state index contributed by atoms with van der Waals surface area (Å²) in [6.07, 6.45) is 4.53. The molecule has 3 rings (SSSR count). The molecule has 2 aromatic rings. The predicted molar refractivity (Wildman–Crippen MR) is 89.6 cm³/mol. The molecule has 0 saturated carbocycles. The summed E-state index contributed by atoms with van der Waals surface area (Å²) in [7, 11) is 0. The fourth-order valence-corrected chi connectivity index (χ4v) is 3.11. The number of halogens is 1. The van der Waals surface area contributed by atoms with Crippen molar-refractivity contribution in [2.45, 2.75) is 38.5 Å². The van der Waals surface area contributed by atoms with Crippen LogP contribution in [-0.4, -0.2) is 11.5 Å². The van der Waals surface area contributed by atoms with Gasteiger partial charge in [0.05, 0.1) is 0 Å². The van der Waals surface area contributed by atoms with Crippen LogP contribution in [0.4, 0.5) is 11.5 Å². The van der Waals surface area contributed by atoms with E-state index in [1.165, 1.54) is 24.1 Å². The van der Waals surface area contributed by atoms with Crippen molar-refractivity contribution in [1.82, 2.24) is 4.98 Å². The number of anilines is 2. The van der Waals surface area contributed by atoms with Crippen molar-refractivity contribution in [3.63, 3.8) is 0 Å². The third kappa shape index (κ3) is 3.06. The molecule has 0 atom stereocenters. The third-order valence-electron chi connectivity index (χ3n) is 4.08. The summed E-state index contributed by atoms with van der Waals surface area (Å²) in [6.45, 7) is 3.17. The van der Waals surface area contributed by atoms with E-state index in [1.54, 1.807) is 0 Å². The summed E-state index contributed by atoms with van der Waals surface area (Å²) in [6, 6.07) is 12.9. The molecule has 110 valence electrons. The average molecular weight is 301 g/mol. The van der Waals surface area contributed by atoms with Crippen LogP contribution in [0.25, 0.3) is 0 Å². The second-order valence-corrected chi connectivity index (χ2v) is 5.82. The second kappa shape index (κ2) is 6.48. The zero-order chi connectivity index (χ0) is 14.7. The van der Waals surface area contributed by atoms with Gasteiger partial charge in [0, 0.05) is 23.8 Å². The molecule has 1 aliphatic heterocycles. The Labute approximate surface area is 131 Å². The lowest BCUT2D eigenvalue weighted by Crippen LogP contribution is -2.19. The first kappa shape index (κ1) is 14.4. The lowest BCUT2D eigenvalue weighted by molar-refractivity contribution is 0.756. The Bertz CT molecular complexity index is 602. The highest BCUT2D eigenvalue weighted by Gasteiger charge is 2.18. The summed E-state index contributed by atoms with van der Waals surface area (Å²) < 4.78 is 0. The minimum atomic E-state index is 0.540. The zero-order valence-electron chi connectivity index (χ0n) is 12.5. The monoisotopic (exact) mass is 300 g/mol. The number of fused-ring (bicyclic) bond motifs is 1. The SMILES string of the molecule is CCc1cc(CCl)cc(N2CCCCc3ccccc32)n1. The number of aryl methyl sites for hydroxylation is 2. The molecule has 0 saturated heterocycles. The highest BCUT2D eigenvalue weighted by Crippen LogP contribution is 2.32. The van der Waals surface area contributed by atoms with Gasteiger partial charge in [0.1, 0.15) is 5.82 Å². The molecule has 0 aliphatic carbocycles. The number of para-hydroxylation sites is 1. The van der Waals surface area contributed by atoms with E-state index in [0.717, 1.165) is 36.5 Å². The van der Waals surface area contributed by atoms with Crippen LogP contribution >= 0.6 is 11.6 Å². The molecule has 0 bridgehead atoms. The van der Waals surface area contributed by atoms with Crippen LogP contribution in [0.1, 0.15) is 36.6 Å². The lowest BCUT2D eigenvalue weighted by atomic mass is 10.1. The Kier molecular flexibility index (Phi) is 4.45. The Hall–Kier alpha value is -1.54. The predicted octanol–water partition coefficient (Wildman–Crippen LogP) is 4.86. The first-order valence-corrected chi connectivity index (χ1v) is 8.26. The van der Waals surface area contributed by atoms with Gasteiger partial charge >= 0.3 is 0 Å². The summed E-state index contributed by atoms with van der Waals surface area (Å²) in [5.41, 5.74) is 4.99. The number of aromatic nitrogens is 1. The smallest absolute Gasteiger partial charge is 0.133 e. The van der Waals surface area contributed by atoms with E-state index in [2.05, 4.69) is 48.2 Å². The van der Waals surface area contributed by atoms with Gasteiger partial charge in [0.25, 0.3) is 0 Å². The van der Waals surface area contributed by atoms with E-state index in [9.17, 15) is 0 Å². The van der Waals surface area contributed by atoms with Crippen molar-refractivity contribution in [3.05, 3.63) is 53.2 Å². The van der Waals surface area contributed by atoms with Crippen LogP contribution in [0.15, 0.2) is 36.4 Å². The van der Waals surface area contributed by atoms with Crippen molar-refractivity contribution in [2.75, 3.05) is 11.4 Å². The number of benzene rings is 1. The normalized spacial score (nSPS) is 14.7. The van der Waals surface area contributed by atoms with E-state index in [1.807, 2.05) is 0 Å². The van der Waals surface area contributed by atoms with E-state index < -0.39 is 0 Å². The topological polar surface area (TPSA) is 16.1 Å². The summed E-state index contributed by atoms with van der Waals surface area (Å²) in [5, 5.41) is 0. The fourth-order valence-electron chi connectivity index (χ4n) is 2.96. The third-order valence-corrected chi connectivity index (χ3v) is 4.39. The van der Waals surface area contributed by atoms with Crippen molar-refractivity contribution in [3.8, 4) is 0 Å². The van der Waals surface area contributed by atoms with Crippen molar-refractivity contribution in [1.29, 1.82) is 0 Å². The molecule has 0 unspecified atom stereocenters. The van der Waals surface area contributed by atoms with Crippen LogP contribution in [0, 0.1) is 0 Å². The molecule has 1 aromatic carbocycles. The van der Waals surface area contributed by atoms with Gasteiger partial charge in [-0.2, -0.15) is 0 Å². The van der Waals surface area contributed by atoms with Crippen LogP contribution in [0.5, 0.6) is 0 Å². The molecule has 2 nitrogen and oxygen atoms in total. The highest BCUT2D eigenvalue weighted by atomic mass is 35.5. The Morgan fingerprint density at radius 1 is 1.19 bits per heavy atom. The minimum Gasteiger partial charge on any atom is -0.326 e. The number of rotatable bonds is 3. The zero-order valence-corrected chi connectivity index (χ0v) is 13.2. The van der Waals surface area contributed by atoms with Gasteiger partial charge in [-0.25, -0.2) is 4.98 Å². The van der Waals surface area contributed by atoms with Gasteiger partial charge in [0.15, 0.2) is 0 Å². The molecular weight excluding hydrogens is 280 g/mol. The maximum atomic E-state index is 6.05. The molecular formula is C18H21ClN2. The lowest BCUT2D eigenvalue weighted by Gasteiger charge is -2.25. The summed E-state index contributed by atoms with van der Waals surface area (Å²) >= 11 is 6.05. The van der Waals surface area contributed by atoms with Gasteiger partial charge in [-0.1, -0.05) is 25.1 Å². The summed E-state index contributed by atoms with van der Waals surface area (Å²) in [5.74, 6) is 1.58. The first-order chi connectivity index (χ1) is 10.3. The molecule has 0 amide bonds. The number of pyridine rings is 1. The second-order valence-electron chi connectivity index (χ2n) is 5.55. The number of hydrogen-bond acceptors (Lipinski definition) is 2. The molecule has 1 aromatic heterocycles. The first-order valence-electron chi connectivity index (χ1n) is 7.73. The van der Waals surface area contributed by atoms with Crippen LogP contribution in [-0.2, 0) is 18.7 Å². The highest BCUT2D eigenvalue weighted by molar-refractivity contribution is 6.17. The maximum Gasteiger partial charge on any atom is 0.133 e. The van der Waals surface area contributed by atoms with E-state index in [-0.39, 0.29) is 0 Å².